The summed E-state index contributed by atoms with van der Waals surface area (Å²) >= 11 is 0. The van der Waals surface area contributed by atoms with E-state index in [1.165, 1.54) is 0 Å². The first kappa shape index (κ1) is 49.4. The van der Waals surface area contributed by atoms with Crippen LogP contribution in [0.3, 0.4) is 0 Å². The Morgan fingerprint density at radius 3 is 1.34 bits per heavy atom. The maximum atomic E-state index is 13.4. The zero-order chi connectivity index (χ0) is 47.6. The van der Waals surface area contributed by atoms with Crippen molar-refractivity contribution >= 4 is 23.8 Å². The van der Waals surface area contributed by atoms with Crippen molar-refractivity contribution in [2.75, 3.05) is 6.61 Å². The van der Waals surface area contributed by atoms with Gasteiger partial charge in [0.15, 0.2) is 35.7 Å². The van der Waals surface area contributed by atoms with Crippen LogP contribution >= 0.6 is 0 Å². The van der Waals surface area contributed by atoms with E-state index in [0.29, 0.717) is 12.8 Å². The van der Waals surface area contributed by atoms with E-state index in [9.17, 15) is 24.3 Å². The lowest BCUT2D eigenvalue weighted by Gasteiger charge is -2.26. The number of amides is 2. The molecule has 67 heavy (non-hydrogen) atoms. The van der Waals surface area contributed by atoms with Crippen LogP contribution in [0.2, 0.25) is 0 Å². The van der Waals surface area contributed by atoms with Gasteiger partial charge in [-0.05, 0) is 69.7 Å². The summed E-state index contributed by atoms with van der Waals surface area (Å²) in [6.07, 6.45) is -3.03. The predicted octanol–water partition coefficient (Wildman–Crippen LogP) is 6.96. The topological polar surface area (TPSA) is 186 Å². The van der Waals surface area contributed by atoms with Crippen molar-refractivity contribution < 1.29 is 62.2 Å². The Bertz CT molecular complexity index is 2230. The second kappa shape index (κ2) is 22.5. The third kappa shape index (κ3) is 13.8. The Morgan fingerprint density at radius 2 is 0.925 bits per heavy atom. The lowest BCUT2D eigenvalue weighted by Crippen LogP contribution is -2.45. The fraction of sp³-hybridized carbons (Fsp3) is 0.462. The van der Waals surface area contributed by atoms with Crippen molar-refractivity contribution in [3.05, 3.63) is 144 Å². The van der Waals surface area contributed by atoms with Gasteiger partial charge in [-0.1, -0.05) is 121 Å². The van der Waals surface area contributed by atoms with Crippen LogP contribution in [-0.2, 0) is 73.5 Å². The number of hydrogen-bond acceptors (Lipinski definition) is 13. The van der Waals surface area contributed by atoms with E-state index in [4.69, 9.17) is 37.9 Å². The van der Waals surface area contributed by atoms with Crippen LogP contribution < -0.4 is 10.6 Å². The third-order valence-electron chi connectivity index (χ3n) is 12.2. The third-order valence-corrected chi connectivity index (χ3v) is 12.2. The molecule has 2 amide bonds. The molecule has 4 aliphatic rings. The summed E-state index contributed by atoms with van der Waals surface area (Å²) in [5.74, 6) is -2.43. The maximum Gasteiger partial charge on any atom is 0.408 e. The van der Waals surface area contributed by atoms with Crippen LogP contribution in [0.5, 0.6) is 0 Å². The van der Waals surface area contributed by atoms with Crippen molar-refractivity contribution in [1.29, 1.82) is 0 Å². The number of Topliss-reactive ketones (excluding diaryl/α,β-unsaturated/α-hetero) is 2. The van der Waals surface area contributed by atoms with Gasteiger partial charge in [0, 0.05) is 24.7 Å². The maximum absolute atomic E-state index is 13.4. The number of rotatable bonds is 17. The van der Waals surface area contributed by atoms with Crippen LogP contribution in [0.4, 0.5) is 9.59 Å². The first-order chi connectivity index (χ1) is 32.1. The zero-order valence-corrected chi connectivity index (χ0v) is 38.6. The fourth-order valence-corrected chi connectivity index (χ4v) is 8.83. The van der Waals surface area contributed by atoms with Gasteiger partial charge in [0.1, 0.15) is 25.4 Å². The summed E-state index contributed by atoms with van der Waals surface area (Å²) in [5.41, 5.74) is 3.59. The largest absolute Gasteiger partial charge is 0.445 e. The van der Waals surface area contributed by atoms with Gasteiger partial charge in [-0.3, -0.25) is 9.59 Å². The molecular formula is C52H62N2O13. The molecule has 2 unspecified atom stereocenters. The van der Waals surface area contributed by atoms with E-state index in [1.807, 2.05) is 142 Å². The molecular weight excluding hydrogens is 861 g/mol. The highest BCUT2D eigenvalue weighted by Crippen LogP contribution is 2.43. The van der Waals surface area contributed by atoms with E-state index < -0.39 is 66.6 Å². The first-order valence-electron chi connectivity index (χ1n) is 22.9. The minimum absolute atomic E-state index is 0.0578. The summed E-state index contributed by atoms with van der Waals surface area (Å²) in [6.45, 7) is 9.13. The van der Waals surface area contributed by atoms with Crippen molar-refractivity contribution in [3.8, 4) is 0 Å². The van der Waals surface area contributed by atoms with Crippen LogP contribution in [-0.4, -0.2) is 96.1 Å². The number of aliphatic hydroxyl groups excluding tert-OH is 1. The fourth-order valence-electron chi connectivity index (χ4n) is 8.83. The van der Waals surface area contributed by atoms with Crippen LogP contribution in [0, 0.1) is 11.8 Å². The molecule has 4 aromatic rings. The second-order valence-electron chi connectivity index (χ2n) is 18.2. The minimum Gasteiger partial charge on any atom is -0.445 e. The van der Waals surface area contributed by atoms with Gasteiger partial charge in [-0.15, -0.1) is 0 Å². The molecule has 4 saturated heterocycles. The average Bonchev–Trinajstić information content (AvgIpc) is 3.99. The number of hydrogen-bond donors (Lipinski definition) is 3. The summed E-state index contributed by atoms with van der Waals surface area (Å²) in [6, 6.07) is 36.3. The molecule has 10 atom stereocenters. The highest BCUT2D eigenvalue weighted by molar-refractivity contribution is 5.88. The predicted molar refractivity (Wildman–Crippen MR) is 244 cm³/mol. The van der Waals surface area contributed by atoms with Crippen molar-refractivity contribution in [3.63, 3.8) is 0 Å². The SMILES string of the molecule is CC1(C)OC2[C@H](O[C@H](CO)[C@@H]2CC(=O)[C@H](Cc2ccccc2)NC(=O)OCc2ccccc2)O1.C[C@H]1O[C@@H]2OC(C)(C)OC2[C@H]1CC(=O)[C@H](Cc1ccccc1)NC(=O)OCc1ccccc1. The van der Waals surface area contributed by atoms with Crippen molar-refractivity contribution in [2.24, 2.45) is 11.8 Å². The van der Waals surface area contributed by atoms with E-state index in [2.05, 4.69) is 10.6 Å². The Hall–Kier alpha value is -5.52. The molecule has 0 aromatic heterocycles. The summed E-state index contributed by atoms with van der Waals surface area (Å²) in [4.78, 5) is 51.9. The Balaban J connectivity index is 0.000000199. The lowest BCUT2D eigenvalue weighted by molar-refractivity contribution is -0.213. The van der Waals surface area contributed by atoms with E-state index in [0.717, 1.165) is 22.3 Å². The molecule has 4 fully saturated rings. The molecule has 0 aliphatic carbocycles. The highest BCUT2D eigenvalue weighted by Gasteiger charge is 2.56. The summed E-state index contributed by atoms with van der Waals surface area (Å²) in [7, 11) is 0. The van der Waals surface area contributed by atoms with E-state index >= 15 is 0 Å². The zero-order valence-electron chi connectivity index (χ0n) is 38.6. The number of benzene rings is 4. The molecule has 358 valence electrons. The van der Waals surface area contributed by atoms with Crippen LogP contribution in [0.15, 0.2) is 121 Å². The van der Waals surface area contributed by atoms with Crippen molar-refractivity contribution in [1.82, 2.24) is 10.6 Å². The quantitative estimate of drug-likeness (QED) is 0.0988. The lowest BCUT2D eigenvalue weighted by atomic mass is 9.89. The summed E-state index contributed by atoms with van der Waals surface area (Å²) in [5, 5.41) is 15.3. The number of carbonyl (C=O) groups is 4. The molecule has 0 saturated carbocycles. The molecule has 4 aliphatic heterocycles. The molecule has 0 spiro atoms. The monoisotopic (exact) mass is 922 g/mol. The van der Waals surface area contributed by atoms with E-state index in [-0.39, 0.29) is 62.4 Å². The molecule has 4 aromatic carbocycles. The molecule has 8 rings (SSSR count). The second-order valence-corrected chi connectivity index (χ2v) is 18.2. The van der Waals surface area contributed by atoms with Crippen LogP contribution in [0.25, 0.3) is 0 Å². The van der Waals surface area contributed by atoms with Crippen LogP contribution in [0.1, 0.15) is 69.7 Å². The van der Waals surface area contributed by atoms with Gasteiger partial charge in [-0.2, -0.15) is 0 Å². The molecule has 0 radical (unpaired) electrons. The van der Waals surface area contributed by atoms with Gasteiger partial charge >= 0.3 is 12.2 Å². The molecule has 0 bridgehead atoms. The van der Waals surface area contributed by atoms with E-state index in [1.54, 1.807) is 13.8 Å². The standard InChI is InChI=1S/C26H31NO7.C26H31NO6/c1-26(2)33-23-19(22(15-28)32-24(23)34-26)14-21(29)20(13-17-9-5-3-6-10-17)27-25(30)31-16-18-11-7-4-8-12-18;1-17-20(23-24(31-17)33-26(2,3)32-23)15-22(28)21(14-18-10-6-4-7-11-18)27-25(29)30-16-19-12-8-5-9-13-19/h3-12,19-20,22-24,28H,13-16H2,1-2H3,(H,27,30);4-13,17,20-21,23-24H,14-16H2,1-3H3,(H,27,29)/t19-,20-,22+,23?,24+;17-,20+,21+,23?,24-/m01/s1. The molecule has 3 N–H and O–H groups in total. The number of alkyl carbamates (subject to hydrolysis) is 2. The highest BCUT2D eigenvalue weighted by atomic mass is 16.8. The normalized spacial score (nSPS) is 26.2. The van der Waals surface area contributed by atoms with Gasteiger partial charge in [-0.25, -0.2) is 9.59 Å². The number of ether oxygens (including phenoxy) is 8. The Morgan fingerprint density at radius 1 is 0.552 bits per heavy atom. The number of nitrogens with one attached hydrogen (secondary N) is 2. The molecule has 15 nitrogen and oxygen atoms in total. The number of ketones is 2. The number of aliphatic hydroxyl groups is 1. The average molecular weight is 923 g/mol. The van der Waals surface area contributed by atoms with Gasteiger partial charge in [0.05, 0.1) is 30.9 Å². The van der Waals surface area contributed by atoms with Gasteiger partial charge < -0.3 is 53.6 Å². The van der Waals surface area contributed by atoms with Gasteiger partial charge in [0.2, 0.25) is 0 Å². The summed E-state index contributed by atoms with van der Waals surface area (Å²) < 4.78 is 45.9. The van der Waals surface area contributed by atoms with Crippen molar-refractivity contribution in [2.45, 2.75) is 134 Å². The Kier molecular flexibility index (Phi) is 16.6. The smallest absolute Gasteiger partial charge is 0.408 e. The number of carbonyl (C=O) groups excluding carboxylic acids is 4. The van der Waals surface area contributed by atoms with Gasteiger partial charge in [0.25, 0.3) is 0 Å². The number of fused-ring (bicyclic) bond motifs is 2. The molecule has 15 heteroatoms. The molecule has 4 heterocycles. The first-order valence-corrected chi connectivity index (χ1v) is 22.9. The minimum atomic E-state index is -0.833. The Labute approximate surface area is 391 Å².